The van der Waals surface area contributed by atoms with Gasteiger partial charge >= 0.3 is 6.18 Å². The maximum atomic E-state index is 13.6. The largest absolute Gasteiger partial charge is 0.407 e. The first-order chi connectivity index (χ1) is 20.2. The van der Waals surface area contributed by atoms with Gasteiger partial charge in [0.15, 0.2) is 11.4 Å². The summed E-state index contributed by atoms with van der Waals surface area (Å²) in [6.45, 7) is 14.6. The number of alkyl halides is 3. The third-order valence-corrected chi connectivity index (χ3v) is 9.89. The van der Waals surface area contributed by atoms with Gasteiger partial charge in [-0.05, 0) is 30.2 Å². The van der Waals surface area contributed by atoms with E-state index in [1.54, 1.807) is 24.3 Å². The summed E-state index contributed by atoms with van der Waals surface area (Å²) in [6.07, 6.45) is -5.49. The third kappa shape index (κ3) is 5.94. The summed E-state index contributed by atoms with van der Waals surface area (Å²) in [6, 6.07) is 11.9. The predicted octanol–water partition coefficient (Wildman–Crippen LogP) is 4.84. The Morgan fingerprint density at radius 2 is 1.77 bits per heavy atom. The van der Waals surface area contributed by atoms with Gasteiger partial charge in [-0.3, -0.25) is 9.52 Å². The lowest BCUT2D eigenvalue weighted by Gasteiger charge is -2.19. The number of aromatic amines is 1. The van der Waals surface area contributed by atoms with Gasteiger partial charge < -0.3 is 4.98 Å². The highest BCUT2D eigenvalue weighted by atomic mass is 32.2. The zero-order valence-corrected chi connectivity index (χ0v) is 23.3. The molecule has 1 aromatic heterocycles. The van der Waals surface area contributed by atoms with Crippen molar-refractivity contribution in [2.24, 2.45) is 0 Å². The Balaban J connectivity index is 1.54. The minimum absolute atomic E-state index is 0.0710. The van der Waals surface area contributed by atoms with Gasteiger partial charge in [-0.2, -0.15) is 13.2 Å². The number of hydrogen-bond donors (Lipinski definition) is 3. The van der Waals surface area contributed by atoms with Crippen molar-refractivity contribution < 1.29 is 34.8 Å². The molecule has 3 aromatic carbocycles. The fraction of sp³-hybridized carbons (Fsp3) is 0.185. The van der Waals surface area contributed by atoms with Crippen LogP contribution in [0, 0.1) is 13.1 Å². The molecule has 0 radical (unpaired) electrons. The van der Waals surface area contributed by atoms with E-state index in [-0.39, 0.29) is 29.9 Å². The summed E-state index contributed by atoms with van der Waals surface area (Å²) in [5, 5.41) is -1.27. The first kappa shape index (κ1) is 29.7. The Kier molecular flexibility index (Phi) is 7.47. The van der Waals surface area contributed by atoms with Crippen LogP contribution in [0.3, 0.4) is 0 Å². The molecule has 4 aromatic rings. The van der Waals surface area contributed by atoms with Crippen LogP contribution in [0.4, 0.5) is 24.5 Å². The highest BCUT2D eigenvalue weighted by Gasteiger charge is 2.39. The summed E-state index contributed by atoms with van der Waals surface area (Å²) < 4.78 is 96.5. The third-order valence-electron chi connectivity index (χ3n) is 6.74. The van der Waals surface area contributed by atoms with Crippen molar-refractivity contribution in [2.45, 2.75) is 35.2 Å². The summed E-state index contributed by atoms with van der Waals surface area (Å²) in [5.74, 6) is -0.581. The van der Waals surface area contributed by atoms with Crippen LogP contribution in [0.1, 0.15) is 40.2 Å². The number of H-pyrrole nitrogens is 1. The van der Waals surface area contributed by atoms with Crippen LogP contribution in [-0.2, 0) is 37.4 Å². The minimum atomic E-state index is -4.98. The number of benzene rings is 3. The number of hydrogen-bond acceptors (Lipinski definition) is 6. The van der Waals surface area contributed by atoms with Crippen molar-refractivity contribution in [2.75, 3.05) is 0 Å². The van der Waals surface area contributed by atoms with E-state index < -0.39 is 59.6 Å². The predicted molar refractivity (Wildman–Crippen MR) is 148 cm³/mol. The number of sulfonamides is 2. The van der Waals surface area contributed by atoms with Gasteiger partial charge in [-0.1, -0.05) is 48.0 Å². The lowest BCUT2D eigenvalue weighted by Crippen LogP contribution is -2.31. The highest BCUT2D eigenvalue weighted by molar-refractivity contribution is 7.90. The smallest absolute Gasteiger partial charge is 0.341 e. The van der Waals surface area contributed by atoms with E-state index in [0.29, 0.717) is 22.7 Å². The number of nitrogens with zero attached hydrogens (tertiary/aromatic N) is 3. The lowest BCUT2D eigenvalue weighted by atomic mass is 10.00. The summed E-state index contributed by atoms with van der Waals surface area (Å²) >= 11 is 0. The van der Waals surface area contributed by atoms with Gasteiger partial charge in [0.2, 0.25) is 26.0 Å². The second kappa shape index (κ2) is 10.8. The number of amides is 1. The van der Waals surface area contributed by atoms with Crippen molar-refractivity contribution in [3.8, 4) is 0 Å². The van der Waals surface area contributed by atoms with Gasteiger partial charge in [0.25, 0.3) is 0 Å². The summed E-state index contributed by atoms with van der Waals surface area (Å²) in [5.41, 5.74) is -0.717. The first-order valence-electron chi connectivity index (χ1n) is 12.3. The number of halogens is 3. The molecule has 43 heavy (non-hydrogen) atoms. The maximum absolute atomic E-state index is 13.6. The number of fused-ring (bicyclic) bond motifs is 1. The molecule has 1 aliphatic heterocycles. The monoisotopic (exact) mass is 628 g/mol. The van der Waals surface area contributed by atoms with Crippen LogP contribution < -0.4 is 9.44 Å². The Labute approximate surface area is 243 Å². The molecule has 0 saturated carbocycles. The number of carbonyl (C=O) groups is 1. The van der Waals surface area contributed by atoms with Crippen molar-refractivity contribution >= 4 is 48.4 Å². The zero-order valence-electron chi connectivity index (χ0n) is 21.7. The normalized spacial score (nSPS) is 17.2. The van der Waals surface area contributed by atoms with E-state index in [9.17, 15) is 34.8 Å². The molecule has 2 heterocycles. The van der Waals surface area contributed by atoms with Crippen LogP contribution in [0.25, 0.3) is 20.7 Å². The molecule has 0 bridgehead atoms. The molecule has 1 aliphatic rings. The topological polar surface area (TPSA) is 147 Å². The number of para-hydroxylation sites is 2. The molecule has 0 spiro atoms. The Bertz CT molecular complexity index is 2050. The molecule has 1 unspecified atom stereocenters. The fourth-order valence-electron chi connectivity index (χ4n) is 4.74. The SMILES string of the molecule is [C-]#[N+]c1cc(C[C@H](NS(=O)(=O)c2ccc([N+]#[C-])c(C(F)(F)F)c2)c2nc3ccccc3[nH]2)ccc1C1CC(=O)NS1(=O)=O. The molecular formula is C27H19F3N6O5S2. The molecular weight excluding hydrogens is 609 g/mol. The Hall–Kier alpha value is -4.77. The van der Waals surface area contributed by atoms with Gasteiger partial charge in [0.1, 0.15) is 11.1 Å². The van der Waals surface area contributed by atoms with E-state index in [1.165, 1.54) is 18.2 Å². The van der Waals surface area contributed by atoms with E-state index in [4.69, 9.17) is 13.1 Å². The fourth-order valence-corrected chi connectivity index (χ4v) is 7.41. The maximum Gasteiger partial charge on any atom is 0.407 e. The van der Waals surface area contributed by atoms with Crippen LogP contribution in [0.5, 0.6) is 0 Å². The van der Waals surface area contributed by atoms with Crippen molar-refractivity contribution in [1.82, 2.24) is 19.4 Å². The minimum Gasteiger partial charge on any atom is -0.341 e. The van der Waals surface area contributed by atoms with Crippen LogP contribution in [-0.4, -0.2) is 32.7 Å². The number of nitrogens with one attached hydrogen (secondary N) is 3. The molecule has 1 saturated heterocycles. The molecule has 1 amide bonds. The van der Waals surface area contributed by atoms with E-state index in [0.717, 1.165) is 12.1 Å². The van der Waals surface area contributed by atoms with Gasteiger partial charge in [-0.25, -0.2) is 36.2 Å². The van der Waals surface area contributed by atoms with Crippen LogP contribution in [0.15, 0.2) is 65.6 Å². The van der Waals surface area contributed by atoms with E-state index >= 15 is 0 Å². The molecule has 3 N–H and O–H groups in total. The second-order valence-corrected chi connectivity index (χ2v) is 13.2. The molecule has 0 aliphatic carbocycles. The Morgan fingerprint density at radius 3 is 2.40 bits per heavy atom. The molecule has 220 valence electrons. The van der Waals surface area contributed by atoms with Gasteiger partial charge in [0, 0.05) is 6.42 Å². The quantitative estimate of drug-likeness (QED) is 0.250. The Morgan fingerprint density at radius 1 is 1.05 bits per heavy atom. The molecule has 16 heteroatoms. The van der Waals surface area contributed by atoms with E-state index in [2.05, 4.69) is 24.4 Å². The number of carbonyl (C=O) groups excluding carboxylic acids is 1. The standard InChI is InChI=1S/C27H19F3N6O5S2/c1-31-19-10-8-16(13-18(19)27(28,29)30)42(38,39)35-23(26-33-20-5-3-4-6-21(20)34-26)12-15-7-9-17(22(11-15)32-2)24-14-25(37)36-43(24,40)41/h3-11,13,23-24,35H,12,14H2,(H,33,34)(H,36,37)/t23-,24?/m0/s1. The average molecular weight is 629 g/mol. The van der Waals surface area contributed by atoms with Gasteiger partial charge in [0.05, 0.1) is 40.7 Å². The molecule has 5 rings (SSSR count). The second-order valence-electron chi connectivity index (χ2n) is 9.57. The van der Waals surface area contributed by atoms with Crippen LogP contribution >= 0.6 is 0 Å². The van der Waals surface area contributed by atoms with Crippen molar-refractivity contribution in [3.05, 3.63) is 106 Å². The van der Waals surface area contributed by atoms with Crippen molar-refractivity contribution in [1.29, 1.82) is 0 Å². The first-order valence-corrected chi connectivity index (χ1v) is 15.3. The van der Waals surface area contributed by atoms with Gasteiger partial charge in [-0.15, -0.1) is 0 Å². The molecule has 1 fully saturated rings. The number of aromatic nitrogens is 2. The zero-order chi connectivity index (χ0) is 31.2. The highest BCUT2D eigenvalue weighted by Crippen LogP contribution is 2.39. The van der Waals surface area contributed by atoms with E-state index in [1.807, 2.05) is 4.72 Å². The number of imidazole rings is 1. The molecule has 2 atom stereocenters. The van der Waals surface area contributed by atoms with Crippen molar-refractivity contribution in [3.63, 3.8) is 0 Å². The average Bonchev–Trinajstić information content (AvgIpc) is 3.50. The lowest BCUT2D eigenvalue weighted by molar-refractivity contribution is -0.137. The van der Waals surface area contributed by atoms with Crippen LogP contribution in [0.2, 0.25) is 0 Å². The number of rotatable bonds is 7. The summed E-state index contributed by atoms with van der Waals surface area (Å²) in [7, 11) is -8.67. The summed E-state index contributed by atoms with van der Waals surface area (Å²) in [4.78, 5) is 24.7. The molecule has 11 nitrogen and oxygen atoms in total.